The quantitative estimate of drug-likeness (QED) is 0.770. The van der Waals surface area contributed by atoms with Crippen LogP contribution < -0.4 is 16.2 Å². The summed E-state index contributed by atoms with van der Waals surface area (Å²) in [6.45, 7) is 1.86. The van der Waals surface area contributed by atoms with E-state index in [0.29, 0.717) is 24.6 Å². The molecule has 0 amide bonds. The minimum atomic E-state index is -5.08. The minimum Gasteiger partial charge on any atom is -0.475 e. The summed E-state index contributed by atoms with van der Waals surface area (Å²) in [5, 5.41) is 16.4. The Morgan fingerprint density at radius 3 is 2.60 bits per heavy atom. The normalized spacial score (nSPS) is 16.2. The topological polar surface area (TPSA) is 125 Å². The molecule has 0 spiro atoms. The minimum absolute atomic E-state index is 0.0979. The Kier molecular flexibility index (Phi) is 7.54. The molecule has 1 aromatic carbocycles. The lowest BCUT2D eigenvalue weighted by Gasteiger charge is -2.32. The van der Waals surface area contributed by atoms with Crippen LogP contribution in [0.2, 0.25) is 0 Å². The summed E-state index contributed by atoms with van der Waals surface area (Å²) in [5.41, 5.74) is 7.31. The second kappa shape index (κ2) is 9.89. The monoisotopic (exact) mass is 423 g/mol. The molecule has 0 saturated carbocycles. The molecule has 8 nitrogen and oxygen atoms in total. The SMILES string of the molecule is N#Cc1ccccc1Cn1c(N2CCC[C@@H](N)C2)nccc1=O.O=C(O)C(F)(F)F. The van der Waals surface area contributed by atoms with Gasteiger partial charge >= 0.3 is 12.1 Å². The van der Waals surface area contributed by atoms with Crippen molar-refractivity contribution in [3.63, 3.8) is 0 Å². The van der Waals surface area contributed by atoms with Crippen LogP contribution in [0.15, 0.2) is 41.3 Å². The van der Waals surface area contributed by atoms with Gasteiger partial charge in [-0.15, -0.1) is 0 Å². The van der Waals surface area contributed by atoms with Crippen LogP contribution in [0.25, 0.3) is 0 Å². The number of rotatable bonds is 3. The smallest absolute Gasteiger partial charge is 0.475 e. The Morgan fingerprint density at radius 2 is 2.00 bits per heavy atom. The molecule has 3 rings (SSSR count). The number of carboxylic acid groups (broad SMARTS) is 1. The molecule has 1 fully saturated rings. The zero-order chi connectivity index (χ0) is 22.3. The molecule has 0 unspecified atom stereocenters. The van der Waals surface area contributed by atoms with Gasteiger partial charge in [-0.2, -0.15) is 18.4 Å². The zero-order valence-electron chi connectivity index (χ0n) is 15.8. The van der Waals surface area contributed by atoms with E-state index in [9.17, 15) is 23.2 Å². The van der Waals surface area contributed by atoms with Crippen molar-refractivity contribution >= 4 is 11.9 Å². The highest BCUT2D eigenvalue weighted by Crippen LogP contribution is 2.18. The number of anilines is 1. The number of aromatic nitrogens is 2. The van der Waals surface area contributed by atoms with Crippen LogP contribution in [-0.2, 0) is 11.3 Å². The summed E-state index contributed by atoms with van der Waals surface area (Å²) in [5.74, 6) is -2.13. The molecule has 1 atom stereocenters. The van der Waals surface area contributed by atoms with Gasteiger partial charge in [0.2, 0.25) is 5.95 Å². The van der Waals surface area contributed by atoms with Crippen molar-refractivity contribution in [3.05, 3.63) is 58.0 Å². The predicted molar refractivity (Wildman–Crippen MR) is 102 cm³/mol. The fourth-order valence-electron chi connectivity index (χ4n) is 2.96. The number of nitrogens with two attached hydrogens (primary N) is 1. The first-order valence-electron chi connectivity index (χ1n) is 8.98. The first-order chi connectivity index (χ1) is 14.1. The van der Waals surface area contributed by atoms with E-state index in [-0.39, 0.29) is 11.6 Å². The molecule has 0 bridgehead atoms. The number of alkyl halides is 3. The van der Waals surface area contributed by atoms with Crippen molar-refractivity contribution in [2.45, 2.75) is 31.6 Å². The Labute approximate surface area is 170 Å². The van der Waals surface area contributed by atoms with Crippen LogP contribution in [0.3, 0.4) is 0 Å². The van der Waals surface area contributed by atoms with Gasteiger partial charge in [-0.3, -0.25) is 9.36 Å². The summed E-state index contributed by atoms with van der Waals surface area (Å²) < 4.78 is 33.4. The number of halogens is 3. The average Bonchev–Trinajstić information content (AvgIpc) is 2.69. The number of carboxylic acids is 1. The largest absolute Gasteiger partial charge is 0.490 e. The second-order valence-corrected chi connectivity index (χ2v) is 6.59. The summed E-state index contributed by atoms with van der Waals surface area (Å²) in [7, 11) is 0. The Balaban J connectivity index is 0.000000396. The molecule has 30 heavy (non-hydrogen) atoms. The third kappa shape index (κ3) is 6.05. The lowest BCUT2D eigenvalue weighted by atomic mass is 10.1. The Hall–Kier alpha value is -3.39. The van der Waals surface area contributed by atoms with E-state index in [0.717, 1.165) is 24.9 Å². The number of aliphatic carboxylic acids is 1. The number of benzene rings is 1. The molecule has 2 heterocycles. The van der Waals surface area contributed by atoms with Gasteiger partial charge in [0.05, 0.1) is 18.2 Å². The summed E-state index contributed by atoms with van der Waals surface area (Å²) in [4.78, 5) is 27.7. The highest BCUT2D eigenvalue weighted by molar-refractivity contribution is 5.73. The van der Waals surface area contributed by atoms with Gasteiger partial charge in [-0.25, -0.2) is 9.78 Å². The number of nitriles is 1. The standard InChI is InChI=1S/C17H19N5O.C2HF3O2/c18-10-13-4-1-2-5-14(13)11-22-16(23)7-8-20-17(22)21-9-3-6-15(19)12-21;3-2(4,5)1(6)7/h1-2,4-5,7-8,15H,3,6,9,11-12,19H2;(H,6,7)/t15-;/m1./s1. The molecule has 1 saturated heterocycles. The maximum Gasteiger partial charge on any atom is 0.490 e. The van der Waals surface area contributed by atoms with Crippen LogP contribution in [0.1, 0.15) is 24.0 Å². The number of hydrogen-bond donors (Lipinski definition) is 2. The fraction of sp³-hybridized carbons (Fsp3) is 0.368. The maximum atomic E-state index is 12.4. The van der Waals surface area contributed by atoms with Crippen molar-refractivity contribution in [1.82, 2.24) is 9.55 Å². The molecule has 2 aromatic rings. The molecule has 3 N–H and O–H groups in total. The van der Waals surface area contributed by atoms with E-state index in [4.69, 9.17) is 15.6 Å². The lowest BCUT2D eigenvalue weighted by Crippen LogP contribution is -2.45. The Morgan fingerprint density at radius 1 is 1.33 bits per heavy atom. The number of nitrogens with zero attached hydrogens (tertiary/aromatic N) is 4. The molecule has 0 aliphatic carbocycles. The number of hydrogen-bond acceptors (Lipinski definition) is 6. The van der Waals surface area contributed by atoms with E-state index in [1.165, 1.54) is 12.3 Å². The zero-order valence-corrected chi connectivity index (χ0v) is 15.8. The molecule has 160 valence electrons. The van der Waals surface area contributed by atoms with Crippen molar-refractivity contribution in [3.8, 4) is 6.07 Å². The van der Waals surface area contributed by atoms with E-state index in [2.05, 4.69) is 16.0 Å². The molecular weight excluding hydrogens is 403 g/mol. The third-order valence-corrected chi connectivity index (χ3v) is 4.36. The van der Waals surface area contributed by atoms with Crippen molar-refractivity contribution in [2.75, 3.05) is 18.0 Å². The first kappa shape index (κ1) is 22.9. The number of carbonyl (C=O) groups is 1. The van der Waals surface area contributed by atoms with Crippen molar-refractivity contribution in [1.29, 1.82) is 5.26 Å². The van der Waals surface area contributed by atoms with Crippen LogP contribution in [0.4, 0.5) is 19.1 Å². The molecule has 1 aromatic heterocycles. The van der Waals surface area contributed by atoms with Gasteiger partial charge in [0.1, 0.15) is 0 Å². The van der Waals surface area contributed by atoms with Gasteiger partial charge in [0.15, 0.2) is 0 Å². The average molecular weight is 423 g/mol. The van der Waals surface area contributed by atoms with Crippen LogP contribution in [0.5, 0.6) is 0 Å². The summed E-state index contributed by atoms with van der Waals surface area (Å²) in [6, 6.07) is 11.0. The van der Waals surface area contributed by atoms with E-state index < -0.39 is 12.1 Å². The molecular formula is C19H20F3N5O3. The molecule has 11 heteroatoms. The summed E-state index contributed by atoms with van der Waals surface area (Å²) in [6.07, 6.45) is -1.57. The van der Waals surface area contributed by atoms with E-state index >= 15 is 0 Å². The van der Waals surface area contributed by atoms with Gasteiger partial charge in [0, 0.05) is 31.4 Å². The van der Waals surface area contributed by atoms with Crippen molar-refractivity contribution in [2.24, 2.45) is 5.73 Å². The molecule has 0 radical (unpaired) electrons. The van der Waals surface area contributed by atoms with Crippen LogP contribution in [0, 0.1) is 11.3 Å². The summed E-state index contributed by atoms with van der Waals surface area (Å²) >= 11 is 0. The molecule has 1 aliphatic rings. The first-order valence-corrected chi connectivity index (χ1v) is 8.98. The highest BCUT2D eigenvalue weighted by atomic mass is 19.4. The second-order valence-electron chi connectivity index (χ2n) is 6.59. The lowest BCUT2D eigenvalue weighted by molar-refractivity contribution is -0.192. The van der Waals surface area contributed by atoms with Gasteiger partial charge in [0.25, 0.3) is 5.56 Å². The van der Waals surface area contributed by atoms with E-state index in [1.807, 2.05) is 18.2 Å². The van der Waals surface area contributed by atoms with Crippen LogP contribution in [-0.4, -0.2) is 45.9 Å². The fourth-order valence-corrected chi connectivity index (χ4v) is 2.96. The maximum absolute atomic E-state index is 12.4. The van der Waals surface area contributed by atoms with E-state index in [1.54, 1.807) is 10.6 Å². The Bertz CT molecular complexity index is 984. The molecule has 1 aliphatic heterocycles. The van der Waals surface area contributed by atoms with Gasteiger partial charge in [-0.1, -0.05) is 18.2 Å². The van der Waals surface area contributed by atoms with Gasteiger partial charge in [-0.05, 0) is 24.5 Å². The number of piperidine rings is 1. The predicted octanol–water partition coefficient (Wildman–Crippen LogP) is 1.72. The van der Waals surface area contributed by atoms with Crippen molar-refractivity contribution < 1.29 is 23.1 Å². The third-order valence-electron chi connectivity index (χ3n) is 4.36. The van der Waals surface area contributed by atoms with Crippen LogP contribution >= 0.6 is 0 Å². The van der Waals surface area contributed by atoms with Gasteiger partial charge < -0.3 is 15.7 Å². The highest BCUT2D eigenvalue weighted by Gasteiger charge is 2.38.